The molecule has 0 amide bonds. The molecule has 106 valence electrons. The number of nitrogens with zero attached hydrogens (tertiary/aromatic N) is 1. The maximum Gasteiger partial charge on any atom is 0.0481 e. The van der Waals surface area contributed by atoms with Crippen molar-refractivity contribution in [3.8, 4) is 0 Å². The molecule has 0 saturated heterocycles. The highest BCUT2D eigenvalue weighted by Gasteiger charge is 2.39. The van der Waals surface area contributed by atoms with Crippen LogP contribution < -0.4 is 5.73 Å². The minimum atomic E-state index is 0.0536. The molecule has 3 heteroatoms. The average molecular weight is 281 g/mol. The van der Waals surface area contributed by atoms with Gasteiger partial charge < -0.3 is 10.6 Å². The summed E-state index contributed by atoms with van der Waals surface area (Å²) in [5.74, 6) is 0. The van der Waals surface area contributed by atoms with Crippen LogP contribution in [0.15, 0.2) is 24.3 Å². The van der Waals surface area contributed by atoms with Crippen LogP contribution in [0, 0.1) is 0 Å². The summed E-state index contributed by atoms with van der Waals surface area (Å²) in [5.41, 5.74) is 7.92. The molecule has 1 aromatic rings. The molecule has 1 fully saturated rings. The number of nitrogens with two attached hydrogens (primary N) is 1. The molecule has 0 spiro atoms. The molecule has 0 heterocycles. The quantitative estimate of drug-likeness (QED) is 0.848. The molecule has 0 radical (unpaired) electrons. The SMILES string of the molecule is CN(C)C1(C(N)c2ccc(Cl)cc2)CCCCCC1. The Morgan fingerprint density at radius 1 is 1.05 bits per heavy atom. The number of hydrogen-bond donors (Lipinski definition) is 1. The lowest BCUT2D eigenvalue weighted by Gasteiger charge is -2.44. The number of halogens is 1. The molecule has 1 unspecified atom stereocenters. The van der Waals surface area contributed by atoms with Gasteiger partial charge in [0.25, 0.3) is 0 Å². The van der Waals surface area contributed by atoms with Crippen LogP contribution in [0.5, 0.6) is 0 Å². The van der Waals surface area contributed by atoms with Crippen LogP contribution in [-0.2, 0) is 0 Å². The van der Waals surface area contributed by atoms with Crippen molar-refractivity contribution in [2.45, 2.75) is 50.1 Å². The zero-order chi connectivity index (χ0) is 13.9. The summed E-state index contributed by atoms with van der Waals surface area (Å²) >= 11 is 5.97. The van der Waals surface area contributed by atoms with Crippen LogP contribution in [0.3, 0.4) is 0 Å². The van der Waals surface area contributed by atoms with Gasteiger partial charge >= 0.3 is 0 Å². The van der Waals surface area contributed by atoms with Crippen molar-refractivity contribution in [1.29, 1.82) is 0 Å². The molecule has 1 saturated carbocycles. The van der Waals surface area contributed by atoms with Crippen LogP contribution in [0.2, 0.25) is 5.02 Å². The molecule has 2 N–H and O–H groups in total. The van der Waals surface area contributed by atoms with E-state index in [2.05, 4.69) is 31.1 Å². The Morgan fingerprint density at radius 2 is 1.58 bits per heavy atom. The first kappa shape index (κ1) is 14.8. The summed E-state index contributed by atoms with van der Waals surface area (Å²) < 4.78 is 0. The molecule has 0 bridgehead atoms. The van der Waals surface area contributed by atoms with Crippen LogP contribution in [0.4, 0.5) is 0 Å². The van der Waals surface area contributed by atoms with E-state index in [4.69, 9.17) is 17.3 Å². The summed E-state index contributed by atoms with van der Waals surface area (Å²) in [6.07, 6.45) is 7.60. The van der Waals surface area contributed by atoms with Gasteiger partial charge in [-0.25, -0.2) is 0 Å². The summed E-state index contributed by atoms with van der Waals surface area (Å²) in [5, 5.41) is 0.774. The Hall–Kier alpha value is -0.570. The molecule has 19 heavy (non-hydrogen) atoms. The Kier molecular flexibility index (Phi) is 4.88. The molecule has 1 aromatic carbocycles. The highest BCUT2D eigenvalue weighted by Crippen LogP contribution is 2.39. The van der Waals surface area contributed by atoms with E-state index in [1.807, 2.05) is 12.1 Å². The Morgan fingerprint density at radius 3 is 2.05 bits per heavy atom. The fraction of sp³-hybridized carbons (Fsp3) is 0.625. The average Bonchev–Trinajstić information content (AvgIpc) is 2.65. The summed E-state index contributed by atoms with van der Waals surface area (Å²) in [6, 6.07) is 8.08. The maximum atomic E-state index is 6.64. The van der Waals surface area contributed by atoms with Crippen molar-refractivity contribution in [3.63, 3.8) is 0 Å². The highest BCUT2D eigenvalue weighted by molar-refractivity contribution is 6.30. The zero-order valence-corrected chi connectivity index (χ0v) is 12.8. The molecule has 2 nitrogen and oxygen atoms in total. The third-order valence-corrected chi connectivity index (χ3v) is 4.92. The summed E-state index contributed by atoms with van der Waals surface area (Å²) in [6.45, 7) is 0. The van der Waals surface area contributed by atoms with Gasteiger partial charge in [-0.05, 0) is 44.6 Å². The van der Waals surface area contributed by atoms with Crippen molar-refractivity contribution in [3.05, 3.63) is 34.9 Å². The van der Waals surface area contributed by atoms with Gasteiger partial charge in [0.1, 0.15) is 0 Å². The number of likely N-dealkylation sites (N-methyl/N-ethyl adjacent to an activating group) is 1. The number of hydrogen-bond acceptors (Lipinski definition) is 2. The normalized spacial score (nSPS) is 21.1. The number of benzene rings is 1. The summed E-state index contributed by atoms with van der Waals surface area (Å²) in [4.78, 5) is 2.34. The van der Waals surface area contributed by atoms with E-state index < -0.39 is 0 Å². The van der Waals surface area contributed by atoms with E-state index in [0.29, 0.717) is 0 Å². The fourth-order valence-corrected chi connectivity index (χ4v) is 3.48. The van der Waals surface area contributed by atoms with E-state index in [0.717, 1.165) is 5.02 Å². The van der Waals surface area contributed by atoms with Crippen molar-refractivity contribution < 1.29 is 0 Å². The molecule has 2 rings (SSSR count). The lowest BCUT2D eigenvalue weighted by Crippen LogP contribution is -2.52. The van der Waals surface area contributed by atoms with Crippen molar-refractivity contribution in [1.82, 2.24) is 4.90 Å². The van der Waals surface area contributed by atoms with E-state index in [-0.39, 0.29) is 11.6 Å². The van der Waals surface area contributed by atoms with Gasteiger partial charge in [0.2, 0.25) is 0 Å². The Labute approximate surface area is 121 Å². The van der Waals surface area contributed by atoms with Crippen LogP contribution in [0.25, 0.3) is 0 Å². The monoisotopic (exact) mass is 280 g/mol. The van der Waals surface area contributed by atoms with E-state index >= 15 is 0 Å². The van der Waals surface area contributed by atoms with Crippen molar-refractivity contribution >= 4 is 11.6 Å². The minimum Gasteiger partial charge on any atom is -0.322 e. The maximum absolute atomic E-state index is 6.64. The third-order valence-electron chi connectivity index (χ3n) is 4.67. The van der Waals surface area contributed by atoms with Gasteiger partial charge in [-0.15, -0.1) is 0 Å². The van der Waals surface area contributed by atoms with Gasteiger partial charge in [-0.2, -0.15) is 0 Å². The van der Waals surface area contributed by atoms with Gasteiger partial charge in [-0.3, -0.25) is 0 Å². The zero-order valence-electron chi connectivity index (χ0n) is 12.0. The van der Waals surface area contributed by atoms with Crippen molar-refractivity contribution in [2.75, 3.05) is 14.1 Å². The Balaban J connectivity index is 2.29. The Bertz CT molecular complexity index is 392. The topological polar surface area (TPSA) is 29.3 Å². The van der Waals surface area contributed by atoms with E-state index in [1.54, 1.807) is 0 Å². The molecule has 1 aliphatic rings. The lowest BCUT2D eigenvalue weighted by atomic mass is 9.78. The van der Waals surface area contributed by atoms with Crippen LogP contribution in [-0.4, -0.2) is 24.5 Å². The van der Waals surface area contributed by atoms with Gasteiger partial charge in [0.15, 0.2) is 0 Å². The largest absolute Gasteiger partial charge is 0.322 e. The predicted molar refractivity (Wildman–Crippen MR) is 82.5 cm³/mol. The first-order chi connectivity index (χ1) is 9.06. The standard InChI is InChI=1S/C16H25ClN2/c1-19(2)16(11-5-3-4-6-12-16)15(18)13-7-9-14(17)10-8-13/h7-10,15H,3-6,11-12,18H2,1-2H3. The van der Waals surface area contributed by atoms with Gasteiger partial charge in [0.05, 0.1) is 0 Å². The molecule has 1 aliphatic carbocycles. The van der Waals surface area contributed by atoms with Crippen LogP contribution in [0.1, 0.15) is 50.1 Å². The summed E-state index contributed by atoms with van der Waals surface area (Å²) in [7, 11) is 4.34. The molecule has 0 aliphatic heterocycles. The predicted octanol–water partition coefficient (Wildman–Crippen LogP) is 3.99. The fourth-order valence-electron chi connectivity index (χ4n) is 3.36. The number of rotatable bonds is 3. The van der Waals surface area contributed by atoms with Gasteiger partial charge in [0, 0.05) is 16.6 Å². The third kappa shape index (κ3) is 3.13. The molecular weight excluding hydrogens is 256 g/mol. The van der Waals surface area contributed by atoms with Crippen LogP contribution >= 0.6 is 11.6 Å². The molecular formula is C16H25ClN2. The van der Waals surface area contributed by atoms with E-state index in [1.165, 1.54) is 44.1 Å². The lowest BCUT2D eigenvalue weighted by molar-refractivity contribution is 0.0969. The van der Waals surface area contributed by atoms with Crippen molar-refractivity contribution in [2.24, 2.45) is 5.73 Å². The second-order valence-corrected chi connectivity index (χ2v) is 6.38. The second-order valence-electron chi connectivity index (χ2n) is 5.94. The first-order valence-electron chi connectivity index (χ1n) is 7.25. The highest BCUT2D eigenvalue weighted by atomic mass is 35.5. The first-order valence-corrected chi connectivity index (χ1v) is 7.62. The smallest absolute Gasteiger partial charge is 0.0481 e. The van der Waals surface area contributed by atoms with E-state index in [9.17, 15) is 0 Å². The second kappa shape index (κ2) is 6.25. The minimum absolute atomic E-state index is 0.0536. The molecule has 0 aromatic heterocycles. The van der Waals surface area contributed by atoms with Gasteiger partial charge in [-0.1, -0.05) is 49.4 Å². The molecule has 1 atom stereocenters.